The minimum Gasteiger partial charge on any atom is -0.377 e. The third kappa shape index (κ3) is 2.77. The Morgan fingerprint density at radius 2 is 2.35 bits per heavy atom. The highest BCUT2D eigenvalue weighted by atomic mass is 32.1. The van der Waals surface area contributed by atoms with Gasteiger partial charge in [0.25, 0.3) is 0 Å². The highest BCUT2D eigenvalue weighted by Crippen LogP contribution is 2.44. The van der Waals surface area contributed by atoms with Crippen molar-refractivity contribution in [2.45, 2.75) is 46.3 Å². The second-order valence-electron chi connectivity index (χ2n) is 5.75. The maximum atomic E-state index is 5.94. The average molecular weight is 255 g/mol. The van der Waals surface area contributed by atoms with E-state index in [0.717, 1.165) is 18.0 Å². The van der Waals surface area contributed by atoms with Crippen LogP contribution in [0, 0.1) is 11.3 Å². The predicted molar refractivity (Wildman–Crippen MR) is 70.3 cm³/mol. The van der Waals surface area contributed by atoms with Crippen LogP contribution in [0.2, 0.25) is 0 Å². The lowest BCUT2D eigenvalue weighted by molar-refractivity contribution is -0.108. The van der Waals surface area contributed by atoms with E-state index in [4.69, 9.17) is 4.74 Å². The van der Waals surface area contributed by atoms with Gasteiger partial charge in [-0.3, -0.25) is 0 Å². The third-order valence-corrected chi connectivity index (χ3v) is 4.08. The fourth-order valence-electron chi connectivity index (χ4n) is 2.12. The SMILES string of the molecule is CC(C)COC1CC(Nc2cnns2)C1(C)C. The second-order valence-corrected chi connectivity index (χ2v) is 6.54. The summed E-state index contributed by atoms with van der Waals surface area (Å²) >= 11 is 1.41. The van der Waals surface area contributed by atoms with Crippen molar-refractivity contribution in [2.75, 3.05) is 11.9 Å². The van der Waals surface area contributed by atoms with E-state index in [0.29, 0.717) is 18.1 Å². The van der Waals surface area contributed by atoms with Crippen LogP contribution in [0.15, 0.2) is 6.20 Å². The Kier molecular flexibility index (Phi) is 3.68. The number of nitrogens with one attached hydrogen (secondary N) is 1. The molecule has 0 spiro atoms. The standard InChI is InChI=1S/C12H21N3OS/c1-8(2)7-16-10-5-9(12(10,3)4)14-11-6-13-15-17-11/h6,8-10,14H,5,7H2,1-4H3. The van der Waals surface area contributed by atoms with Crippen molar-refractivity contribution < 1.29 is 4.74 Å². The molecule has 0 aliphatic heterocycles. The molecule has 1 aliphatic rings. The van der Waals surface area contributed by atoms with Crippen molar-refractivity contribution in [1.29, 1.82) is 0 Å². The number of anilines is 1. The molecule has 0 bridgehead atoms. The highest BCUT2D eigenvalue weighted by Gasteiger charge is 2.49. The van der Waals surface area contributed by atoms with Crippen molar-refractivity contribution in [3.05, 3.63) is 6.20 Å². The summed E-state index contributed by atoms with van der Waals surface area (Å²) in [4.78, 5) is 0. The second kappa shape index (κ2) is 4.90. The molecule has 96 valence electrons. The number of nitrogens with zero attached hydrogens (tertiary/aromatic N) is 2. The van der Waals surface area contributed by atoms with E-state index in [2.05, 4.69) is 42.6 Å². The summed E-state index contributed by atoms with van der Waals surface area (Å²) < 4.78 is 9.79. The molecule has 1 aliphatic carbocycles. The van der Waals surface area contributed by atoms with E-state index in [-0.39, 0.29) is 5.41 Å². The normalized spacial score (nSPS) is 26.9. The van der Waals surface area contributed by atoms with Gasteiger partial charge in [0.05, 0.1) is 12.3 Å². The lowest BCUT2D eigenvalue weighted by atomic mass is 9.64. The monoisotopic (exact) mass is 255 g/mol. The number of rotatable bonds is 5. The first-order valence-corrected chi connectivity index (χ1v) is 6.93. The minimum atomic E-state index is 0.179. The maximum Gasteiger partial charge on any atom is 0.130 e. The van der Waals surface area contributed by atoms with Gasteiger partial charge in [-0.25, -0.2) is 0 Å². The lowest BCUT2D eigenvalue weighted by Crippen LogP contribution is -2.58. The van der Waals surface area contributed by atoms with Crippen LogP contribution < -0.4 is 5.32 Å². The molecule has 0 radical (unpaired) electrons. The van der Waals surface area contributed by atoms with Crippen LogP contribution in [0.25, 0.3) is 0 Å². The van der Waals surface area contributed by atoms with E-state index in [1.807, 2.05) is 0 Å². The molecule has 0 amide bonds. The molecule has 2 unspecified atom stereocenters. The van der Waals surface area contributed by atoms with Crippen LogP contribution in [0.4, 0.5) is 5.00 Å². The van der Waals surface area contributed by atoms with Gasteiger partial charge in [-0.15, -0.1) is 5.10 Å². The molecule has 4 nitrogen and oxygen atoms in total. The van der Waals surface area contributed by atoms with Gasteiger partial charge in [0.2, 0.25) is 0 Å². The minimum absolute atomic E-state index is 0.179. The van der Waals surface area contributed by atoms with Crippen molar-refractivity contribution in [3.63, 3.8) is 0 Å². The van der Waals surface area contributed by atoms with Crippen LogP contribution in [-0.4, -0.2) is 28.3 Å². The fraction of sp³-hybridized carbons (Fsp3) is 0.833. The Morgan fingerprint density at radius 1 is 1.59 bits per heavy atom. The van der Waals surface area contributed by atoms with E-state index in [1.165, 1.54) is 11.5 Å². The van der Waals surface area contributed by atoms with Gasteiger partial charge in [-0.2, -0.15) is 0 Å². The first-order valence-electron chi connectivity index (χ1n) is 6.15. The molecule has 1 heterocycles. The Bertz CT molecular complexity index is 351. The van der Waals surface area contributed by atoms with Crippen molar-refractivity contribution in [1.82, 2.24) is 9.59 Å². The Labute approximate surface area is 107 Å². The zero-order valence-corrected chi connectivity index (χ0v) is 11.8. The topological polar surface area (TPSA) is 47.0 Å². The summed E-state index contributed by atoms with van der Waals surface area (Å²) in [6.07, 6.45) is 3.21. The van der Waals surface area contributed by atoms with E-state index in [9.17, 15) is 0 Å². The molecule has 17 heavy (non-hydrogen) atoms. The highest BCUT2D eigenvalue weighted by molar-refractivity contribution is 7.09. The molecule has 5 heteroatoms. The van der Waals surface area contributed by atoms with Crippen LogP contribution in [0.5, 0.6) is 0 Å². The van der Waals surface area contributed by atoms with Gasteiger partial charge >= 0.3 is 0 Å². The third-order valence-electron chi connectivity index (χ3n) is 3.49. The van der Waals surface area contributed by atoms with E-state index < -0.39 is 0 Å². The summed E-state index contributed by atoms with van der Waals surface area (Å²) in [5.74, 6) is 0.600. The predicted octanol–water partition coefficient (Wildman–Crippen LogP) is 2.79. The van der Waals surface area contributed by atoms with Gasteiger partial charge < -0.3 is 10.1 Å². The van der Waals surface area contributed by atoms with Crippen LogP contribution in [-0.2, 0) is 4.74 Å². The van der Waals surface area contributed by atoms with E-state index >= 15 is 0 Å². The molecule has 1 fully saturated rings. The molecule has 1 aromatic heterocycles. The Morgan fingerprint density at radius 3 is 2.88 bits per heavy atom. The summed E-state index contributed by atoms with van der Waals surface area (Å²) in [7, 11) is 0. The van der Waals surface area contributed by atoms with Crippen LogP contribution in [0.1, 0.15) is 34.1 Å². The van der Waals surface area contributed by atoms with Gasteiger partial charge in [-0.1, -0.05) is 32.2 Å². The molecular weight excluding hydrogens is 234 g/mol. The van der Waals surface area contributed by atoms with E-state index in [1.54, 1.807) is 6.20 Å². The zero-order chi connectivity index (χ0) is 12.5. The number of aromatic nitrogens is 2. The van der Waals surface area contributed by atoms with Gasteiger partial charge in [0.15, 0.2) is 0 Å². The number of hydrogen-bond acceptors (Lipinski definition) is 5. The lowest BCUT2D eigenvalue weighted by Gasteiger charge is -2.52. The van der Waals surface area contributed by atoms with Gasteiger partial charge in [0, 0.05) is 29.6 Å². The summed E-state index contributed by atoms with van der Waals surface area (Å²) in [6, 6.07) is 0.460. The van der Waals surface area contributed by atoms with Gasteiger partial charge in [0.1, 0.15) is 5.00 Å². The van der Waals surface area contributed by atoms with Crippen LogP contribution >= 0.6 is 11.5 Å². The molecule has 1 aromatic rings. The molecule has 0 saturated heterocycles. The summed E-state index contributed by atoms with van der Waals surface area (Å²) in [5.41, 5.74) is 0.179. The molecular formula is C12H21N3OS. The molecule has 2 rings (SSSR count). The van der Waals surface area contributed by atoms with Crippen molar-refractivity contribution in [3.8, 4) is 0 Å². The first-order chi connectivity index (χ1) is 8.00. The van der Waals surface area contributed by atoms with Crippen LogP contribution in [0.3, 0.4) is 0 Å². The van der Waals surface area contributed by atoms with Crippen molar-refractivity contribution >= 4 is 16.5 Å². The Hall–Kier alpha value is -0.680. The zero-order valence-electron chi connectivity index (χ0n) is 10.9. The summed E-state index contributed by atoms with van der Waals surface area (Å²) in [6.45, 7) is 9.74. The Balaban J connectivity index is 1.84. The molecule has 1 saturated carbocycles. The molecule has 0 aromatic carbocycles. The van der Waals surface area contributed by atoms with Crippen molar-refractivity contribution in [2.24, 2.45) is 11.3 Å². The molecule has 2 atom stereocenters. The summed E-state index contributed by atoms with van der Waals surface area (Å²) in [5, 5.41) is 8.36. The van der Waals surface area contributed by atoms with Gasteiger partial charge in [-0.05, 0) is 12.3 Å². The number of hydrogen-bond donors (Lipinski definition) is 1. The maximum absolute atomic E-state index is 5.94. The smallest absolute Gasteiger partial charge is 0.130 e. The quantitative estimate of drug-likeness (QED) is 0.879. The molecule has 1 N–H and O–H groups in total. The number of ether oxygens (including phenoxy) is 1. The average Bonchev–Trinajstić information content (AvgIpc) is 2.74. The fourth-order valence-corrected chi connectivity index (χ4v) is 2.60. The largest absolute Gasteiger partial charge is 0.377 e. The first kappa shape index (κ1) is 12.8.